The Bertz CT molecular complexity index is 2800. The van der Waals surface area contributed by atoms with Gasteiger partial charge in [-0.05, 0) is 131 Å². The number of para-hydroxylation sites is 2. The number of hydrogen-bond acceptors (Lipinski definition) is 20. The summed E-state index contributed by atoms with van der Waals surface area (Å²) in [6, 6.07) is 13.4. The number of β-amino-alcohol motifs (C(OH)–C–C–N with tert-alkyl or cyclic N) is 1. The van der Waals surface area contributed by atoms with E-state index in [0.29, 0.717) is 6.42 Å². The Hall–Kier alpha value is -6.44. The molecule has 22 heteroatoms. The molecule has 4 aromatic carbocycles. The minimum Gasteiger partial charge on any atom is -0.508 e. The smallest absolute Gasteiger partial charge is 0.260 e. The molecular formula is C56H78N4O18. The van der Waals surface area contributed by atoms with Crippen molar-refractivity contribution in [3.63, 3.8) is 0 Å². The third kappa shape index (κ3) is 15.0. The van der Waals surface area contributed by atoms with Crippen molar-refractivity contribution in [2.75, 3.05) is 33.5 Å². The standard InChI is InChI=1S/C28H40N2O10.C28H38N2O8/c1-26(2,38)20(34)8-10-27(3,39)21(35)9-11-28(4,40)22(36)14-30-17-12-15(31)13-19(33)24(17)29-23-16(25(30)37)6-5-7-18(23)32;1-16(8-9-23(35)28(4,38)12-10-22(34)27(2,3)37)11-13-30-19-14-17(31)15-21(33)25(19)29-24-18(26(30)36)6-5-7-20(24)32/h5-7,12-13,20-22,29,31-36,38-40H,8-11,14H2,1-4H3;5-7,11,14-15,22-23,29,31-35,37-38H,8-10,12-13H2,1-4H3/b;16-11+. The molecule has 0 radical (unpaired) electrons. The van der Waals surface area contributed by atoms with Gasteiger partial charge in [0.1, 0.15) is 52.0 Å². The highest BCUT2D eigenvalue weighted by atomic mass is 16.4. The number of aliphatic hydroxyl groups is 10. The molecule has 2 heterocycles. The number of amides is 2. The van der Waals surface area contributed by atoms with Crippen LogP contribution in [0.25, 0.3) is 0 Å². The topological polar surface area (TPSA) is 388 Å². The Morgan fingerprint density at radius 1 is 0.500 bits per heavy atom. The van der Waals surface area contributed by atoms with Crippen LogP contribution in [-0.4, -0.2) is 165 Å². The molecule has 0 aliphatic carbocycles. The minimum atomic E-state index is -1.87. The molecule has 0 aromatic heterocycles. The molecule has 0 bridgehead atoms. The summed E-state index contributed by atoms with van der Waals surface area (Å²) in [4.78, 5) is 29.4. The van der Waals surface area contributed by atoms with Crippen molar-refractivity contribution in [1.29, 1.82) is 0 Å². The van der Waals surface area contributed by atoms with Crippen LogP contribution in [0.3, 0.4) is 0 Å². The van der Waals surface area contributed by atoms with Crippen LogP contribution < -0.4 is 20.4 Å². The van der Waals surface area contributed by atoms with Crippen LogP contribution in [0.15, 0.2) is 72.3 Å². The Labute approximate surface area is 452 Å². The summed E-state index contributed by atoms with van der Waals surface area (Å²) < 4.78 is 0. The fraction of sp³-hybridized carbons (Fsp3) is 0.500. The molecule has 430 valence electrons. The van der Waals surface area contributed by atoms with E-state index in [-0.39, 0.29) is 125 Å². The minimum absolute atomic E-state index is 0.00775. The number of nitrogens with one attached hydrogen (secondary N) is 2. The number of fused-ring (bicyclic) bond motifs is 4. The largest absolute Gasteiger partial charge is 0.508 e. The lowest BCUT2D eigenvalue weighted by Crippen LogP contribution is -2.50. The number of rotatable bonds is 21. The molecule has 2 amide bonds. The number of phenolic OH excluding ortho intramolecular Hbond substituents is 6. The number of aromatic hydroxyl groups is 6. The van der Waals surface area contributed by atoms with Crippen LogP contribution in [0, 0.1) is 0 Å². The number of anilines is 6. The van der Waals surface area contributed by atoms with Gasteiger partial charge in [0.2, 0.25) is 0 Å². The van der Waals surface area contributed by atoms with Gasteiger partial charge in [-0.3, -0.25) is 9.59 Å². The van der Waals surface area contributed by atoms with Gasteiger partial charge in [0.15, 0.2) is 0 Å². The van der Waals surface area contributed by atoms with Crippen molar-refractivity contribution in [2.24, 2.45) is 0 Å². The highest BCUT2D eigenvalue weighted by Crippen LogP contribution is 2.48. The van der Waals surface area contributed by atoms with Gasteiger partial charge in [0.05, 0.1) is 92.8 Å². The van der Waals surface area contributed by atoms with Crippen molar-refractivity contribution in [1.82, 2.24) is 0 Å². The number of carbonyl (C=O) groups excluding carboxylic acids is 2. The monoisotopic (exact) mass is 1090 g/mol. The zero-order chi connectivity index (χ0) is 58.6. The lowest BCUT2D eigenvalue weighted by molar-refractivity contribution is -0.109. The molecule has 2 aliphatic rings. The highest BCUT2D eigenvalue weighted by molar-refractivity contribution is 6.16. The zero-order valence-corrected chi connectivity index (χ0v) is 45.2. The fourth-order valence-corrected chi connectivity index (χ4v) is 8.90. The Kier molecular flexibility index (Phi) is 19.4. The quantitative estimate of drug-likeness (QED) is 0.0306. The molecular weight excluding hydrogens is 1020 g/mol. The number of aliphatic hydroxyl groups excluding tert-OH is 5. The molecule has 22 nitrogen and oxygen atoms in total. The van der Waals surface area contributed by atoms with E-state index >= 15 is 0 Å². The van der Waals surface area contributed by atoms with Crippen molar-refractivity contribution >= 4 is 45.9 Å². The van der Waals surface area contributed by atoms with Gasteiger partial charge >= 0.3 is 0 Å². The number of hydrogen-bond donors (Lipinski definition) is 18. The van der Waals surface area contributed by atoms with Crippen molar-refractivity contribution in [3.8, 4) is 34.5 Å². The summed E-state index contributed by atoms with van der Waals surface area (Å²) in [5.41, 5.74) is -6.19. The van der Waals surface area contributed by atoms with E-state index < -0.39 is 82.6 Å². The zero-order valence-electron chi connectivity index (χ0n) is 45.2. The van der Waals surface area contributed by atoms with E-state index in [0.717, 1.165) is 22.6 Å². The van der Waals surface area contributed by atoms with E-state index in [1.54, 1.807) is 12.1 Å². The summed E-state index contributed by atoms with van der Waals surface area (Å²) >= 11 is 0. The molecule has 78 heavy (non-hydrogen) atoms. The van der Waals surface area contributed by atoms with Crippen molar-refractivity contribution in [2.45, 2.75) is 165 Å². The van der Waals surface area contributed by atoms with Gasteiger partial charge < -0.3 is 102 Å². The first-order valence-corrected chi connectivity index (χ1v) is 25.6. The number of carbonyl (C=O) groups is 2. The van der Waals surface area contributed by atoms with E-state index in [1.165, 1.54) is 95.8 Å². The molecule has 0 saturated heterocycles. The summed E-state index contributed by atoms with van der Waals surface area (Å²) in [7, 11) is 0. The first-order valence-electron chi connectivity index (χ1n) is 25.6. The van der Waals surface area contributed by atoms with Gasteiger partial charge in [0, 0.05) is 30.8 Å². The third-order valence-electron chi connectivity index (χ3n) is 14.6. The molecule has 6 rings (SSSR count). The molecule has 0 saturated carbocycles. The number of allylic oxidation sites excluding steroid dienone is 1. The fourth-order valence-electron chi connectivity index (χ4n) is 8.90. The normalized spacial score (nSPS) is 18.0. The second-order valence-corrected chi connectivity index (χ2v) is 22.4. The van der Waals surface area contributed by atoms with E-state index in [9.17, 15) is 91.3 Å². The summed E-state index contributed by atoms with van der Waals surface area (Å²) in [6.07, 6.45) is -4.00. The molecule has 18 N–H and O–H groups in total. The number of phenols is 6. The van der Waals surface area contributed by atoms with E-state index in [1.807, 2.05) is 6.92 Å². The van der Waals surface area contributed by atoms with E-state index in [4.69, 9.17) is 0 Å². The SMILES string of the molecule is C/C(=C\CN1C(=O)c2cccc(O)c2Nc2c(O)cc(O)cc21)CCC(O)C(C)(O)CCC(O)C(C)(C)O.CC(C)(O)C(O)CCC(C)(O)C(O)CCC(C)(O)C(O)CN1C(=O)c2cccc(O)c2Nc2c(O)cc(O)cc21. The predicted molar refractivity (Wildman–Crippen MR) is 291 cm³/mol. The maximum absolute atomic E-state index is 13.5. The van der Waals surface area contributed by atoms with Crippen LogP contribution in [0.4, 0.5) is 34.1 Å². The van der Waals surface area contributed by atoms with Crippen LogP contribution >= 0.6 is 0 Å². The molecule has 0 spiro atoms. The second-order valence-electron chi connectivity index (χ2n) is 22.4. The lowest BCUT2D eigenvalue weighted by Gasteiger charge is -2.36. The van der Waals surface area contributed by atoms with Crippen molar-refractivity contribution in [3.05, 3.63) is 83.4 Å². The van der Waals surface area contributed by atoms with Crippen LogP contribution in [-0.2, 0) is 0 Å². The van der Waals surface area contributed by atoms with Crippen LogP contribution in [0.2, 0.25) is 0 Å². The summed E-state index contributed by atoms with van der Waals surface area (Å²) in [5.74, 6) is -2.91. The Morgan fingerprint density at radius 2 is 0.872 bits per heavy atom. The second kappa shape index (κ2) is 24.3. The molecule has 0 fully saturated rings. The van der Waals surface area contributed by atoms with Gasteiger partial charge in [0.25, 0.3) is 11.8 Å². The number of nitrogens with zero attached hydrogens (tertiary/aromatic N) is 2. The van der Waals surface area contributed by atoms with Gasteiger partial charge in [-0.25, -0.2) is 0 Å². The Morgan fingerprint density at radius 3 is 1.29 bits per heavy atom. The third-order valence-corrected chi connectivity index (χ3v) is 14.6. The van der Waals surface area contributed by atoms with Gasteiger partial charge in [-0.15, -0.1) is 0 Å². The average Bonchev–Trinajstić information content (AvgIpc) is 3.54. The highest BCUT2D eigenvalue weighted by Gasteiger charge is 2.41. The molecule has 2 aliphatic heterocycles. The lowest BCUT2D eigenvalue weighted by atomic mass is 9.83. The van der Waals surface area contributed by atoms with Gasteiger partial charge in [-0.1, -0.05) is 23.8 Å². The Balaban J connectivity index is 0.000000288. The molecule has 4 aromatic rings. The summed E-state index contributed by atoms with van der Waals surface area (Å²) in [5, 5.41) is 172. The maximum Gasteiger partial charge on any atom is 0.260 e. The molecule has 8 atom stereocenters. The first kappa shape index (κ1) is 62.4. The van der Waals surface area contributed by atoms with Crippen LogP contribution in [0.1, 0.15) is 127 Å². The molecule has 8 unspecified atom stereocenters. The number of benzene rings is 4. The van der Waals surface area contributed by atoms with E-state index in [2.05, 4.69) is 10.6 Å². The van der Waals surface area contributed by atoms with Crippen LogP contribution in [0.5, 0.6) is 34.5 Å². The predicted octanol–water partition coefficient (Wildman–Crippen LogP) is 4.68. The van der Waals surface area contributed by atoms with Crippen molar-refractivity contribution < 1.29 is 91.3 Å². The summed E-state index contributed by atoms with van der Waals surface area (Å²) in [6.45, 7) is 11.4. The average molecular weight is 1100 g/mol. The maximum atomic E-state index is 13.5. The first-order chi connectivity index (χ1) is 36.0. The van der Waals surface area contributed by atoms with Gasteiger partial charge in [-0.2, -0.15) is 0 Å².